The molecule has 1 aliphatic carbocycles. The zero-order valence-corrected chi connectivity index (χ0v) is 21.0. The first kappa shape index (κ1) is 23.1. The summed E-state index contributed by atoms with van der Waals surface area (Å²) in [6.45, 7) is 1.12. The van der Waals surface area contributed by atoms with Gasteiger partial charge in [0.1, 0.15) is 6.61 Å². The Morgan fingerprint density at radius 1 is 0.842 bits per heavy atom. The number of amides is 1. The summed E-state index contributed by atoms with van der Waals surface area (Å²) in [5.74, 6) is -0.0713. The van der Waals surface area contributed by atoms with E-state index in [2.05, 4.69) is 29.2 Å². The van der Waals surface area contributed by atoms with Crippen molar-refractivity contribution in [1.29, 1.82) is 0 Å². The van der Waals surface area contributed by atoms with E-state index in [1.54, 1.807) is 12.4 Å². The number of piperidine rings is 1. The van der Waals surface area contributed by atoms with E-state index in [9.17, 15) is 9.59 Å². The molecule has 6 nitrogen and oxygen atoms in total. The van der Waals surface area contributed by atoms with E-state index in [0.717, 1.165) is 10.8 Å². The van der Waals surface area contributed by atoms with Crippen molar-refractivity contribution in [3.63, 3.8) is 0 Å². The van der Waals surface area contributed by atoms with Crippen LogP contribution in [0.3, 0.4) is 0 Å². The number of carbonyl (C=O) groups excluding carboxylic acids is 2. The molecule has 6 heteroatoms. The zero-order chi connectivity index (χ0) is 25.6. The van der Waals surface area contributed by atoms with E-state index in [4.69, 9.17) is 9.47 Å². The summed E-state index contributed by atoms with van der Waals surface area (Å²) in [5, 5.41) is 1.88. The maximum absolute atomic E-state index is 13.6. The number of carbonyl (C=O) groups is 2. The van der Waals surface area contributed by atoms with Gasteiger partial charge >= 0.3 is 6.09 Å². The molecule has 2 unspecified atom stereocenters. The monoisotopic (exact) mass is 504 g/mol. The standard InChI is InChI=1S/C32H28N2O4/c35-31(29-16-33-15-20-7-1-2-8-24(20)29)21-13-22-17-37-18-23(14-21)34(22)32(36)38-19-30-27-11-5-3-9-25(27)26-10-4-6-12-28(26)30/h1-12,15-16,21-23,30H,13-14,17-19H2. The molecule has 3 aliphatic rings. The van der Waals surface area contributed by atoms with Gasteiger partial charge in [0.05, 0.1) is 25.3 Å². The molecule has 1 aromatic heterocycles. The van der Waals surface area contributed by atoms with Gasteiger partial charge in [0.2, 0.25) is 0 Å². The Labute approximate surface area is 221 Å². The van der Waals surface area contributed by atoms with E-state index in [0.29, 0.717) is 31.6 Å². The quantitative estimate of drug-likeness (QED) is 0.326. The number of Topliss-reactive ketones (excluding diaryl/α,β-unsaturated/α-hetero) is 1. The Balaban J connectivity index is 1.08. The molecule has 2 bridgehead atoms. The highest BCUT2D eigenvalue weighted by atomic mass is 16.6. The Kier molecular flexibility index (Phi) is 5.70. The second-order valence-corrected chi connectivity index (χ2v) is 10.5. The second kappa shape index (κ2) is 9.37. The van der Waals surface area contributed by atoms with Crippen LogP contribution in [-0.2, 0) is 9.47 Å². The van der Waals surface area contributed by atoms with Crippen LogP contribution in [0.2, 0.25) is 0 Å². The van der Waals surface area contributed by atoms with E-state index in [1.807, 2.05) is 53.4 Å². The van der Waals surface area contributed by atoms with Crippen LogP contribution in [0, 0.1) is 5.92 Å². The largest absolute Gasteiger partial charge is 0.448 e. The second-order valence-electron chi connectivity index (χ2n) is 10.5. The highest BCUT2D eigenvalue weighted by Crippen LogP contribution is 2.45. The Morgan fingerprint density at radius 3 is 2.18 bits per heavy atom. The minimum Gasteiger partial charge on any atom is -0.448 e. The number of pyridine rings is 1. The normalized spacial score (nSPS) is 22.1. The van der Waals surface area contributed by atoms with Crippen LogP contribution in [0.15, 0.2) is 85.2 Å². The fraction of sp³-hybridized carbons (Fsp3) is 0.281. The number of hydrogen-bond acceptors (Lipinski definition) is 5. The minimum absolute atomic E-state index is 0.0143. The maximum Gasteiger partial charge on any atom is 0.410 e. The molecule has 1 amide bonds. The van der Waals surface area contributed by atoms with E-state index >= 15 is 0 Å². The van der Waals surface area contributed by atoms with Crippen molar-refractivity contribution in [1.82, 2.24) is 9.88 Å². The molecule has 190 valence electrons. The lowest BCUT2D eigenvalue weighted by Gasteiger charge is -2.47. The first-order valence-electron chi connectivity index (χ1n) is 13.3. The summed E-state index contributed by atoms with van der Waals surface area (Å²) in [4.78, 5) is 33.2. The van der Waals surface area contributed by atoms with Gasteiger partial charge in [-0.05, 0) is 40.5 Å². The number of rotatable bonds is 4. The van der Waals surface area contributed by atoms with Gasteiger partial charge in [-0.1, -0.05) is 72.8 Å². The summed E-state index contributed by atoms with van der Waals surface area (Å²) in [5.41, 5.74) is 5.45. The van der Waals surface area contributed by atoms with Crippen LogP contribution in [0.4, 0.5) is 4.79 Å². The molecule has 3 heterocycles. The van der Waals surface area contributed by atoms with Crippen molar-refractivity contribution in [2.75, 3.05) is 19.8 Å². The number of aromatic nitrogens is 1. The van der Waals surface area contributed by atoms with E-state index in [-0.39, 0.29) is 42.4 Å². The van der Waals surface area contributed by atoms with Crippen molar-refractivity contribution in [2.24, 2.45) is 5.92 Å². The van der Waals surface area contributed by atoms with Crippen molar-refractivity contribution in [3.8, 4) is 11.1 Å². The molecule has 0 saturated carbocycles. The maximum atomic E-state index is 13.6. The molecular formula is C32H28N2O4. The van der Waals surface area contributed by atoms with Gasteiger partial charge < -0.3 is 9.47 Å². The summed E-state index contributed by atoms with van der Waals surface area (Å²) in [6.07, 6.45) is 4.26. The van der Waals surface area contributed by atoms with Crippen LogP contribution >= 0.6 is 0 Å². The molecule has 4 aromatic rings. The SMILES string of the molecule is O=C(c1cncc2ccccc12)C1CC2COCC(C1)N2C(=O)OCC1c2ccccc2-c2ccccc21. The molecule has 2 aliphatic heterocycles. The highest BCUT2D eigenvalue weighted by Gasteiger charge is 2.45. The lowest BCUT2D eigenvalue weighted by molar-refractivity contribution is -0.0747. The predicted molar refractivity (Wildman–Crippen MR) is 144 cm³/mol. The Morgan fingerprint density at radius 2 is 1.47 bits per heavy atom. The molecule has 2 fully saturated rings. The third kappa shape index (κ3) is 3.79. The number of benzene rings is 3. The molecule has 3 aromatic carbocycles. The van der Waals surface area contributed by atoms with Crippen molar-refractivity contribution >= 4 is 22.6 Å². The number of hydrogen-bond donors (Lipinski definition) is 0. The molecule has 0 spiro atoms. The molecule has 38 heavy (non-hydrogen) atoms. The molecule has 0 radical (unpaired) electrons. The van der Waals surface area contributed by atoms with Crippen molar-refractivity contribution in [3.05, 3.63) is 102 Å². The molecule has 7 rings (SSSR count). The minimum atomic E-state index is -0.317. The topological polar surface area (TPSA) is 68.7 Å². The van der Waals surface area contributed by atoms with Gasteiger partial charge in [-0.15, -0.1) is 0 Å². The first-order valence-corrected chi connectivity index (χ1v) is 13.3. The smallest absolute Gasteiger partial charge is 0.410 e. The van der Waals surface area contributed by atoms with Crippen molar-refractivity contribution in [2.45, 2.75) is 30.8 Å². The number of fused-ring (bicyclic) bond motifs is 6. The van der Waals surface area contributed by atoms with E-state index < -0.39 is 0 Å². The third-order valence-corrected chi connectivity index (χ3v) is 8.37. The number of morpholine rings is 1. The summed E-state index contributed by atoms with van der Waals surface area (Å²) >= 11 is 0. The lowest BCUT2D eigenvalue weighted by atomic mass is 9.80. The average molecular weight is 505 g/mol. The van der Waals surface area contributed by atoms with Gasteiger partial charge in [0.15, 0.2) is 5.78 Å². The van der Waals surface area contributed by atoms with Gasteiger partial charge in [0, 0.05) is 35.2 Å². The number of ether oxygens (including phenoxy) is 2. The number of nitrogens with zero attached hydrogens (tertiary/aromatic N) is 2. The van der Waals surface area contributed by atoms with Gasteiger partial charge in [0.25, 0.3) is 0 Å². The summed E-state index contributed by atoms with van der Waals surface area (Å²) < 4.78 is 11.8. The van der Waals surface area contributed by atoms with Gasteiger partial charge in [-0.2, -0.15) is 0 Å². The fourth-order valence-electron chi connectivity index (χ4n) is 6.63. The molecule has 0 N–H and O–H groups in total. The predicted octanol–water partition coefficient (Wildman–Crippen LogP) is 5.85. The summed E-state index contributed by atoms with van der Waals surface area (Å²) in [6, 6.07) is 24.1. The Bertz CT molecular complexity index is 1480. The van der Waals surface area contributed by atoms with E-state index in [1.165, 1.54) is 22.3 Å². The van der Waals surface area contributed by atoms with Crippen molar-refractivity contribution < 1.29 is 19.1 Å². The van der Waals surface area contributed by atoms with Crippen LogP contribution < -0.4 is 0 Å². The molecular weight excluding hydrogens is 476 g/mol. The lowest BCUT2D eigenvalue weighted by Crippen LogP contribution is -2.60. The van der Waals surface area contributed by atoms with Crippen LogP contribution in [0.5, 0.6) is 0 Å². The van der Waals surface area contributed by atoms with Crippen LogP contribution in [0.1, 0.15) is 40.2 Å². The fourth-order valence-corrected chi connectivity index (χ4v) is 6.63. The van der Waals surface area contributed by atoms with Crippen LogP contribution in [-0.4, -0.2) is 53.7 Å². The highest BCUT2D eigenvalue weighted by molar-refractivity contribution is 6.08. The molecule has 2 saturated heterocycles. The number of ketones is 1. The summed E-state index contributed by atoms with van der Waals surface area (Å²) in [7, 11) is 0. The van der Waals surface area contributed by atoms with Gasteiger partial charge in [-0.25, -0.2) is 4.79 Å². The first-order chi connectivity index (χ1) is 18.7. The zero-order valence-electron chi connectivity index (χ0n) is 21.0. The Hall–Kier alpha value is -4.03. The molecule has 2 atom stereocenters. The average Bonchev–Trinajstić information content (AvgIpc) is 3.28. The third-order valence-electron chi connectivity index (χ3n) is 8.37. The van der Waals surface area contributed by atoms with Crippen LogP contribution in [0.25, 0.3) is 21.9 Å². The van der Waals surface area contributed by atoms with Gasteiger partial charge in [-0.3, -0.25) is 14.7 Å².